The predicted octanol–water partition coefficient (Wildman–Crippen LogP) is 2.56. The van der Waals surface area contributed by atoms with E-state index in [4.69, 9.17) is 0 Å². The quantitative estimate of drug-likeness (QED) is 0.798. The van der Waals surface area contributed by atoms with Gasteiger partial charge in [0.2, 0.25) is 5.91 Å². The molecule has 4 fully saturated rings. The molecule has 3 heteroatoms. The van der Waals surface area contributed by atoms with Crippen LogP contribution in [-0.4, -0.2) is 36.0 Å². The highest BCUT2D eigenvalue weighted by molar-refractivity contribution is 5.83. The number of piperazine rings is 1. The van der Waals surface area contributed by atoms with E-state index in [0.29, 0.717) is 11.8 Å². The Bertz CT molecular complexity index is 368. The molecule has 0 aromatic heterocycles. The van der Waals surface area contributed by atoms with Crippen LogP contribution in [0.1, 0.15) is 57.8 Å². The van der Waals surface area contributed by atoms with Gasteiger partial charge < -0.3 is 10.2 Å². The first kappa shape index (κ1) is 13.1. The Morgan fingerprint density at radius 1 is 1.00 bits per heavy atom. The normalized spacial score (nSPS) is 39.4. The van der Waals surface area contributed by atoms with E-state index in [1.807, 2.05) is 0 Å². The molecule has 1 heterocycles. The lowest BCUT2D eigenvalue weighted by Crippen LogP contribution is -2.64. The van der Waals surface area contributed by atoms with Crippen molar-refractivity contribution in [1.29, 1.82) is 0 Å². The molecule has 0 aromatic carbocycles. The van der Waals surface area contributed by atoms with Crippen LogP contribution in [0.3, 0.4) is 0 Å². The number of rotatable bonds is 1. The maximum atomic E-state index is 13.1. The average molecular weight is 276 g/mol. The maximum absolute atomic E-state index is 13.1. The Morgan fingerprint density at radius 3 is 2.40 bits per heavy atom. The molecule has 3 saturated carbocycles. The number of nitrogens with zero attached hydrogens (tertiary/aromatic N) is 1. The van der Waals surface area contributed by atoms with E-state index in [2.05, 4.69) is 10.2 Å². The molecule has 1 N–H and O–H groups in total. The highest BCUT2D eigenvalue weighted by Gasteiger charge is 2.58. The standard InChI is InChI=1S/C17H28N2O/c20-16(15-13-6-2-3-7-14(13)15)19-11-10-18-12-17(19)8-4-1-5-9-17/h13-15,18H,1-12H2. The molecule has 2 unspecified atom stereocenters. The van der Waals surface area contributed by atoms with Gasteiger partial charge in [0, 0.05) is 25.6 Å². The minimum Gasteiger partial charge on any atom is -0.334 e. The fraction of sp³-hybridized carbons (Fsp3) is 0.941. The Kier molecular flexibility index (Phi) is 3.29. The highest BCUT2D eigenvalue weighted by Crippen LogP contribution is 2.56. The largest absolute Gasteiger partial charge is 0.334 e. The first-order chi connectivity index (χ1) is 9.82. The van der Waals surface area contributed by atoms with E-state index in [1.54, 1.807) is 0 Å². The molecule has 4 aliphatic rings. The molecule has 3 nitrogen and oxygen atoms in total. The third-order valence-electron chi connectivity index (χ3n) is 6.53. The number of carbonyl (C=O) groups is 1. The molecule has 1 amide bonds. The highest BCUT2D eigenvalue weighted by atomic mass is 16.2. The number of hydrogen-bond donors (Lipinski definition) is 1. The minimum absolute atomic E-state index is 0.180. The van der Waals surface area contributed by atoms with Gasteiger partial charge in [-0.3, -0.25) is 4.79 Å². The van der Waals surface area contributed by atoms with Gasteiger partial charge in [0.1, 0.15) is 0 Å². The van der Waals surface area contributed by atoms with Crippen LogP contribution in [0, 0.1) is 17.8 Å². The maximum Gasteiger partial charge on any atom is 0.226 e. The number of nitrogens with one attached hydrogen (secondary N) is 1. The lowest BCUT2D eigenvalue weighted by molar-refractivity contribution is -0.143. The molecule has 3 aliphatic carbocycles. The summed E-state index contributed by atoms with van der Waals surface area (Å²) in [5, 5.41) is 3.56. The Morgan fingerprint density at radius 2 is 1.70 bits per heavy atom. The van der Waals surface area contributed by atoms with Crippen LogP contribution in [0.4, 0.5) is 0 Å². The molecule has 1 saturated heterocycles. The summed E-state index contributed by atoms with van der Waals surface area (Å²) in [6, 6.07) is 0. The summed E-state index contributed by atoms with van der Waals surface area (Å²) in [4.78, 5) is 15.4. The van der Waals surface area contributed by atoms with Crippen LogP contribution in [0.5, 0.6) is 0 Å². The van der Waals surface area contributed by atoms with Crippen LogP contribution in [-0.2, 0) is 4.79 Å². The van der Waals surface area contributed by atoms with E-state index in [9.17, 15) is 4.79 Å². The van der Waals surface area contributed by atoms with Gasteiger partial charge in [-0.2, -0.15) is 0 Å². The van der Waals surface area contributed by atoms with Gasteiger partial charge in [0.25, 0.3) is 0 Å². The second-order valence-electron chi connectivity index (χ2n) is 7.59. The van der Waals surface area contributed by atoms with Gasteiger partial charge in [-0.05, 0) is 37.5 Å². The van der Waals surface area contributed by atoms with E-state index >= 15 is 0 Å². The van der Waals surface area contributed by atoms with Crippen molar-refractivity contribution in [2.75, 3.05) is 19.6 Å². The second-order valence-corrected chi connectivity index (χ2v) is 7.59. The molecular formula is C17H28N2O. The van der Waals surface area contributed by atoms with Crippen molar-refractivity contribution in [2.45, 2.75) is 63.3 Å². The predicted molar refractivity (Wildman–Crippen MR) is 79.3 cm³/mol. The van der Waals surface area contributed by atoms with Crippen LogP contribution in [0.2, 0.25) is 0 Å². The Balaban J connectivity index is 1.51. The summed E-state index contributed by atoms with van der Waals surface area (Å²) >= 11 is 0. The van der Waals surface area contributed by atoms with Crippen molar-refractivity contribution in [3.63, 3.8) is 0 Å². The molecular weight excluding hydrogens is 248 g/mol. The molecule has 4 rings (SSSR count). The molecule has 20 heavy (non-hydrogen) atoms. The first-order valence-electron chi connectivity index (χ1n) is 8.84. The topological polar surface area (TPSA) is 32.3 Å². The zero-order valence-corrected chi connectivity index (χ0v) is 12.6. The van der Waals surface area contributed by atoms with Crippen molar-refractivity contribution >= 4 is 5.91 Å². The molecule has 1 aliphatic heterocycles. The van der Waals surface area contributed by atoms with Crippen molar-refractivity contribution < 1.29 is 4.79 Å². The zero-order chi connectivity index (χ0) is 13.6. The fourth-order valence-electron chi connectivity index (χ4n) is 5.38. The molecule has 1 spiro atoms. The lowest BCUT2D eigenvalue weighted by Gasteiger charge is -2.50. The lowest BCUT2D eigenvalue weighted by atomic mass is 9.78. The van der Waals surface area contributed by atoms with Gasteiger partial charge in [0.05, 0.1) is 5.54 Å². The van der Waals surface area contributed by atoms with Gasteiger partial charge in [-0.25, -0.2) is 0 Å². The number of hydrogen-bond acceptors (Lipinski definition) is 2. The van der Waals surface area contributed by atoms with Gasteiger partial charge in [-0.15, -0.1) is 0 Å². The van der Waals surface area contributed by atoms with Crippen LogP contribution >= 0.6 is 0 Å². The van der Waals surface area contributed by atoms with Crippen molar-refractivity contribution in [2.24, 2.45) is 17.8 Å². The van der Waals surface area contributed by atoms with Gasteiger partial charge in [-0.1, -0.05) is 32.1 Å². The van der Waals surface area contributed by atoms with Crippen molar-refractivity contribution in [3.05, 3.63) is 0 Å². The van der Waals surface area contributed by atoms with Crippen LogP contribution in [0.15, 0.2) is 0 Å². The number of fused-ring (bicyclic) bond motifs is 1. The smallest absolute Gasteiger partial charge is 0.226 e. The Hall–Kier alpha value is -0.570. The third kappa shape index (κ3) is 2.01. The summed E-state index contributed by atoms with van der Waals surface area (Å²) in [6.45, 7) is 2.99. The van der Waals surface area contributed by atoms with Crippen molar-refractivity contribution in [1.82, 2.24) is 10.2 Å². The van der Waals surface area contributed by atoms with E-state index < -0.39 is 0 Å². The van der Waals surface area contributed by atoms with Gasteiger partial charge in [0.15, 0.2) is 0 Å². The van der Waals surface area contributed by atoms with Crippen molar-refractivity contribution in [3.8, 4) is 0 Å². The van der Waals surface area contributed by atoms with Crippen LogP contribution in [0.25, 0.3) is 0 Å². The average Bonchev–Trinajstić information content (AvgIpc) is 3.22. The molecule has 0 radical (unpaired) electrons. The summed E-state index contributed by atoms with van der Waals surface area (Å²) < 4.78 is 0. The molecule has 112 valence electrons. The monoisotopic (exact) mass is 276 g/mol. The first-order valence-corrected chi connectivity index (χ1v) is 8.84. The fourth-order valence-corrected chi connectivity index (χ4v) is 5.38. The summed E-state index contributed by atoms with van der Waals surface area (Å²) in [6.07, 6.45) is 11.8. The summed E-state index contributed by atoms with van der Waals surface area (Å²) in [5.74, 6) is 2.46. The Labute approximate surface area is 122 Å². The zero-order valence-electron chi connectivity index (χ0n) is 12.6. The van der Waals surface area contributed by atoms with E-state index in [-0.39, 0.29) is 5.54 Å². The van der Waals surface area contributed by atoms with Crippen LogP contribution < -0.4 is 5.32 Å². The SMILES string of the molecule is O=C(C1C2CCCCC21)N1CCNCC12CCCCC2. The third-order valence-corrected chi connectivity index (χ3v) is 6.53. The van der Waals surface area contributed by atoms with E-state index in [1.165, 1.54) is 57.8 Å². The summed E-state index contributed by atoms with van der Waals surface area (Å²) in [5.41, 5.74) is 0.180. The number of amides is 1. The second kappa shape index (κ2) is 5.01. The van der Waals surface area contributed by atoms with E-state index in [0.717, 1.165) is 31.5 Å². The molecule has 2 atom stereocenters. The minimum atomic E-state index is 0.180. The van der Waals surface area contributed by atoms with Gasteiger partial charge >= 0.3 is 0 Å². The molecule has 0 aromatic rings. The summed E-state index contributed by atoms with van der Waals surface area (Å²) in [7, 11) is 0. The molecule has 0 bridgehead atoms. The number of carbonyl (C=O) groups excluding carboxylic acids is 1.